The van der Waals surface area contributed by atoms with Crippen molar-refractivity contribution in [1.29, 1.82) is 0 Å². The SMILES string of the molecule is C/C1=C\CCC2OC2(C)CC/C=C(\C)CC1. The number of fused-ring (bicyclic) bond motifs is 1. The lowest BCUT2D eigenvalue weighted by Crippen LogP contribution is -2.09. The van der Waals surface area contributed by atoms with Crippen molar-refractivity contribution in [3.8, 4) is 0 Å². The first-order valence-electron chi connectivity index (χ1n) is 6.59. The maximum absolute atomic E-state index is 5.83. The van der Waals surface area contributed by atoms with Crippen molar-refractivity contribution >= 4 is 0 Å². The molecule has 1 heterocycles. The summed E-state index contributed by atoms with van der Waals surface area (Å²) in [6.45, 7) is 6.78. The van der Waals surface area contributed by atoms with E-state index in [1.165, 1.54) is 49.7 Å². The summed E-state index contributed by atoms with van der Waals surface area (Å²) in [6, 6.07) is 0. The third-order valence-electron chi connectivity index (χ3n) is 4.00. The molecule has 16 heavy (non-hydrogen) atoms. The Labute approximate surface area is 99.6 Å². The van der Waals surface area contributed by atoms with E-state index in [0.29, 0.717) is 6.10 Å². The maximum Gasteiger partial charge on any atom is 0.0923 e. The molecule has 1 aliphatic heterocycles. The van der Waals surface area contributed by atoms with Crippen molar-refractivity contribution in [2.75, 3.05) is 0 Å². The zero-order valence-corrected chi connectivity index (χ0v) is 10.9. The van der Waals surface area contributed by atoms with E-state index >= 15 is 0 Å². The molecule has 0 N–H and O–H groups in total. The lowest BCUT2D eigenvalue weighted by Gasteiger charge is -2.07. The highest BCUT2D eigenvalue weighted by Gasteiger charge is 2.50. The van der Waals surface area contributed by atoms with Gasteiger partial charge in [0.1, 0.15) is 0 Å². The predicted molar refractivity (Wildman–Crippen MR) is 68.5 cm³/mol. The molecule has 0 bridgehead atoms. The Morgan fingerprint density at radius 1 is 1.12 bits per heavy atom. The minimum Gasteiger partial charge on any atom is -0.366 e. The summed E-state index contributed by atoms with van der Waals surface area (Å²) >= 11 is 0. The van der Waals surface area contributed by atoms with Crippen LogP contribution >= 0.6 is 0 Å². The Morgan fingerprint density at radius 2 is 1.75 bits per heavy atom. The Morgan fingerprint density at radius 3 is 2.44 bits per heavy atom. The fourth-order valence-electron chi connectivity index (χ4n) is 2.56. The molecular weight excluding hydrogens is 196 g/mol. The molecule has 1 nitrogen and oxygen atoms in total. The van der Waals surface area contributed by atoms with Crippen LogP contribution in [0.1, 0.15) is 59.3 Å². The van der Waals surface area contributed by atoms with Gasteiger partial charge in [0.15, 0.2) is 0 Å². The highest BCUT2D eigenvalue weighted by atomic mass is 16.6. The van der Waals surface area contributed by atoms with Gasteiger partial charge >= 0.3 is 0 Å². The van der Waals surface area contributed by atoms with E-state index in [1.807, 2.05) is 0 Å². The molecule has 2 rings (SSSR count). The zero-order chi connectivity index (χ0) is 11.6. The van der Waals surface area contributed by atoms with Gasteiger partial charge in [0.25, 0.3) is 0 Å². The summed E-state index contributed by atoms with van der Waals surface area (Å²) in [4.78, 5) is 0. The minimum atomic E-state index is 0.192. The van der Waals surface area contributed by atoms with Gasteiger partial charge in [-0.05, 0) is 59.3 Å². The zero-order valence-electron chi connectivity index (χ0n) is 10.9. The van der Waals surface area contributed by atoms with Crippen LogP contribution in [-0.4, -0.2) is 11.7 Å². The van der Waals surface area contributed by atoms with Gasteiger partial charge < -0.3 is 4.74 Å². The van der Waals surface area contributed by atoms with Crippen LogP contribution in [-0.2, 0) is 4.74 Å². The summed E-state index contributed by atoms with van der Waals surface area (Å²) in [6.07, 6.45) is 12.5. The first-order valence-corrected chi connectivity index (χ1v) is 6.59. The van der Waals surface area contributed by atoms with Gasteiger partial charge in [-0.1, -0.05) is 23.3 Å². The summed E-state index contributed by atoms with van der Waals surface area (Å²) < 4.78 is 5.83. The highest BCUT2D eigenvalue weighted by molar-refractivity contribution is 5.09. The molecule has 0 radical (unpaired) electrons. The standard InChI is InChI=1S/C15H24O/c1-12-6-4-8-14-15(3,16-14)11-5-7-13(2)10-9-12/h6-7,14H,4-5,8-11H2,1-3H3/b12-6+,13-7+. The second-order valence-electron chi connectivity index (χ2n) is 5.64. The van der Waals surface area contributed by atoms with Gasteiger partial charge in [-0.2, -0.15) is 0 Å². The van der Waals surface area contributed by atoms with E-state index in [1.54, 1.807) is 0 Å². The topological polar surface area (TPSA) is 12.5 Å². The van der Waals surface area contributed by atoms with E-state index in [2.05, 4.69) is 32.9 Å². The molecule has 2 unspecified atom stereocenters. The second-order valence-corrected chi connectivity index (χ2v) is 5.64. The van der Waals surface area contributed by atoms with Crippen molar-refractivity contribution in [2.45, 2.75) is 71.0 Å². The van der Waals surface area contributed by atoms with Crippen LogP contribution in [0.5, 0.6) is 0 Å². The quantitative estimate of drug-likeness (QED) is 0.435. The molecule has 1 heteroatoms. The molecule has 2 aliphatic rings. The minimum absolute atomic E-state index is 0.192. The Kier molecular flexibility index (Phi) is 3.53. The molecule has 1 aliphatic carbocycles. The Bertz CT molecular complexity index is 313. The fraction of sp³-hybridized carbons (Fsp3) is 0.733. The van der Waals surface area contributed by atoms with Gasteiger partial charge in [-0.25, -0.2) is 0 Å². The summed E-state index contributed by atoms with van der Waals surface area (Å²) in [7, 11) is 0. The first kappa shape index (κ1) is 11.9. The molecule has 2 atom stereocenters. The van der Waals surface area contributed by atoms with Gasteiger partial charge in [0.05, 0.1) is 11.7 Å². The van der Waals surface area contributed by atoms with E-state index in [0.717, 1.165) is 0 Å². The van der Waals surface area contributed by atoms with Crippen LogP contribution in [0.3, 0.4) is 0 Å². The Balaban J connectivity index is 1.99. The van der Waals surface area contributed by atoms with Gasteiger partial charge in [0, 0.05) is 0 Å². The first-order chi connectivity index (χ1) is 7.60. The van der Waals surface area contributed by atoms with Gasteiger partial charge in [-0.15, -0.1) is 0 Å². The average molecular weight is 220 g/mol. The monoisotopic (exact) mass is 220 g/mol. The van der Waals surface area contributed by atoms with Crippen LogP contribution in [0, 0.1) is 0 Å². The average Bonchev–Trinajstić information content (AvgIpc) is 2.85. The van der Waals surface area contributed by atoms with Crippen LogP contribution in [0.4, 0.5) is 0 Å². The molecule has 1 fully saturated rings. The van der Waals surface area contributed by atoms with Gasteiger partial charge in [-0.3, -0.25) is 0 Å². The number of rotatable bonds is 0. The van der Waals surface area contributed by atoms with Crippen LogP contribution in [0.2, 0.25) is 0 Å². The fourth-order valence-corrected chi connectivity index (χ4v) is 2.56. The van der Waals surface area contributed by atoms with E-state index < -0.39 is 0 Å². The van der Waals surface area contributed by atoms with E-state index in [-0.39, 0.29) is 5.60 Å². The lowest BCUT2D eigenvalue weighted by atomic mass is 9.95. The van der Waals surface area contributed by atoms with Gasteiger partial charge in [0.2, 0.25) is 0 Å². The molecule has 0 aromatic heterocycles. The normalized spacial score (nSPS) is 42.8. The van der Waals surface area contributed by atoms with Crippen molar-refractivity contribution in [1.82, 2.24) is 0 Å². The smallest absolute Gasteiger partial charge is 0.0923 e. The summed E-state index contributed by atoms with van der Waals surface area (Å²) in [5.74, 6) is 0. The van der Waals surface area contributed by atoms with Crippen LogP contribution in [0.15, 0.2) is 23.3 Å². The largest absolute Gasteiger partial charge is 0.366 e. The van der Waals surface area contributed by atoms with Crippen molar-refractivity contribution < 1.29 is 4.74 Å². The third-order valence-corrected chi connectivity index (χ3v) is 4.00. The number of epoxide rings is 1. The molecule has 0 aromatic carbocycles. The molecule has 0 amide bonds. The van der Waals surface area contributed by atoms with Crippen molar-refractivity contribution in [3.05, 3.63) is 23.3 Å². The third kappa shape index (κ3) is 2.98. The Hall–Kier alpha value is -0.560. The number of allylic oxidation sites excluding steroid dienone is 4. The number of ether oxygens (including phenoxy) is 1. The molecule has 0 spiro atoms. The van der Waals surface area contributed by atoms with E-state index in [9.17, 15) is 0 Å². The van der Waals surface area contributed by atoms with Crippen LogP contribution in [0.25, 0.3) is 0 Å². The highest BCUT2D eigenvalue weighted by Crippen LogP contribution is 2.43. The summed E-state index contributed by atoms with van der Waals surface area (Å²) in [5.41, 5.74) is 3.27. The number of hydrogen-bond acceptors (Lipinski definition) is 1. The second kappa shape index (κ2) is 4.75. The lowest BCUT2D eigenvalue weighted by molar-refractivity contribution is 0.295. The molecule has 1 saturated heterocycles. The van der Waals surface area contributed by atoms with Crippen molar-refractivity contribution in [2.24, 2.45) is 0 Å². The maximum atomic E-state index is 5.83. The van der Waals surface area contributed by atoms with Crippen LogP contribution < -0.4 is 0 Å². The number of hydrogen-bond donors (Lipinski definition) is 0. The molecule has 0 saturated carbocycles. The summed E-state index contributed by atoms with van der Waals surface area (Å²) in [5, 5.41) is 0. The predicted octanol–water partition coefficient (Wildman–Crippen LogP) is 4.39. The molecule has 90 valence electrons. The molecular formula is C15H24O. The molecule has 0 aromatic rings. The van der Waals surface area contributed by atoms with E-state index in [4.69, 9.17) is 4.74 Å². The van der Waals surface area contributed by atoms with Crippen molar-refractivity contribution in [3.63, 3.8) is 0 Å².